The van der Waals surface area contributed by atoms with E-state index in [4.69, 9.17) is 16.0 Å². The van der Waals surface area contributed by atoms with Crippen LogP contribution in [-0.4, -0.2) is 11.7 Å². The van der Waals surface area contributed by atoms with E-state index in [1.54, 1.807) is 54.6 Å². The lowest BCUT2D eigenvalue weighted by atomic mass is 10.0. The highest BCUT2D eigenvalue weighted by Gasteiger charge is 2.19. The molecule has 0 saturated carbocycles. The largest absolute Gasteiger partial charge is 0.422 e. The standard InChI is InChI=1S/C23H13BrClNO4/c24-15-6-9-20-14(10-15)11-18(23(29)30-20)22(28)26-19-8-7-16(25)12-17(19)21(27)13-4-2-1-3-5-13/h1-12H,(H,26,28). The molecule has 5 nitrogen and oxygen atoms in total. The summed E-state index contributed by atoms with van der Waals surface area (Å²) in [5.41, 5.74) is 0.333. The molecule has 148 valence electrons. The van der Waals surface area contributed by atoms with Crippen LogP contribution in [0.1, 0.15) is 26.3 Å². The number of amides is 1. The highest BCUT2D eigenvalue weighted by Crippen LogP contribution is 2.25. The highest BCUT2D eigenvalue weighted by atomic mass is 79.9. The molecule has 0 aliphatic rings. The number of carbonyl (C=O) groups excluding carboxylic acids is 2. The van der Waals surface area contributed by atoms with Crippen molar-refractivity contribution in [2.24, 2.45) is 0 Å². The monoisotopic (exact) mass is 481 g/mol. The van der Waals surface area contributed by atoms with Gasteiger partial charge in [-0.05, 0) is 42.5 Å². The molecular formula is C23H13BrClNO4. The Morgan fingerprint density at radius 3 is 2.43 bits per heavy atom. The molecule has 0 saturated heterocycles. The predicted octanol–water partition coefficient (Wildman–Crippen LogP) is 5.69. The zero-order valence-corrected chi connectivity index (χ0v) is 17.7. The molecule has 0 fully saturated rings. The Hall–Kier alpha value is -3.22. The first-order valence-corrected chi connectivity index (χ1v) is 10.0. The van der Waals surface area contributed by atoms with Crippen molar-refractivity contribution >= 4 is 55.9 Å². The second-order valence-electron chi connectivity index (χ2n) is 6.47. The van der Waals surface area contributed by atoms with Crippen molar-refractivity contribution in [1.29, 1.82) is 0 Å². The molecule has 0 atom stereocenters. The van der Waals surface area contributed by atoms with Gasteiger partial charge in [0.2, 0.25) is 0 Å². The number of halogens is 2. The van der Waals surface area contributed by atoms with E-state index in [0.29, 0.717) is 21.6 Å². The average Bonchev–Trinajstić information content (AvgIpc) is 2.74. The summed E-state index contributed by atoms with van der Waals surface area (Å²) in [5.74, 6) is -0.988. The van der Waals surface area contributed by atoms with Crippen LogP contribution >= 0.6 is 27.5 Å². The van der Waals surface area contributed by atoms with Gasteiger partial charge in [-0.1, -0.05) is 57.9 Å². The summed E-state index contributed by atoms with van der Waals surface area (Å²) in [7, 11) is 0. The van der Waals surface area contributed by atoms with Crippen molar-refractivity contribution in [2.45, 2.75) is 0 Å². The fourth-order valence-corrected chi connectivity index (χ4v) is 3.55. The summed E-state index contributed by atoms with van der Waals surface area (Å²) in [6.07, 6.45) is 0. The van der Waals surface area contributed by atoms with Crippen molar-refractivity contribution in [3.63, 3.8) is 0 Å². The summed E-state index contributed by atoms with van der Waals surface area (Å²) in [6, 6.07) is 19.8. The maximum Gasteiger partial charge on any atom is 0.349 e. The van der Waals surface area contributed by atoms with Crippen LogP contribution in [0.2, 0.25) is 5.02 Å². The van der Waals surface area contributed by atoms with Gasteiger partial charge in [-0.25, -0.2) is 4.79 Å². The smallest absolute Gasteiger partial charge is 0.349 e. The van der Waals surface area contributed by atoms with Crippen LogP contribution < -0.4 is 10.9 Å². The third-order valence-corrected chi connectivity index (χ3v) is 5.18. The molecule has 1 heterocycles. The van der Waals surface area contributed by atoms with Gasteiger partial charge in [-0.2, -0.15) is 0 Å². The summed E-state index contributed by atoms with van der Waals surface area (Å²) in [6.45, 7) is 0. The summed E-state index contributed by atoms with van der Waals surface area (Å²) < 4.78 is 6.03. The molecule has 1 amide bonds. The van der Waals surface area contributed by atoms with Crippen LogP contribution in [0.3, 0.4) is 0 Å². The molecule has 1 N–H and O–H groups in total. The first-order valence-electron chi connectivity index (χ1n) is 8.86. The normalized spacial score (nSPS) is 10.7. The molecular weight excluding hydrogens is 470 g/mol. The Labute approximate surface area is 184 Å². The van der Waals surface area contributed by atoms with Crippen LogP contribution in [0, 0.1) is 0 Å². The van der Waals surface area contributed by atoms with Crippen molar-refractivity contribution in [3.05, 3.63) is 109 Å². The van der Waals surface area contributed by atoms with E-state index in [9.17, 15) is 14.4 Å². The van der Waals surface area contributed by atoms with Crippen molar-refractivity contribution < 1.29 is 14.0 Å². The van der Waals surface area contributed by atoms with E-state index in [-0.39, 0.29) is 22.6 Å². The summed E-state index contributed by atoms with van der Waals surface area (Å²) >= 11 is 9.42. The Morgan fingerprint density at radius 2 is 1.67 bits per heavy atom. The molecule has 0 unspecified atom stereocenters. The SMILES string of the molecule is O=C(c1ccccc1)c1cc(Cl)ccc1NC(=O)c1cc2cc(Br)ccc2oc1=O. The first-order chi connectivity index (χ1) is 14.4. The number of benzene rings is 3. The minimum atomic E-state index is -0.771. The molecule has 0 aliphatic carbocycles. The van der Waals surface area contributed by atoms with E-state index < -0.39 is 11.5 Å². The molecule has 30 heavy (non-hydrogen) atoms. The Morgan fingerprint density at radius 1 is 0.900 bits per heavy atom. The molecule has 4 aromatic rings. The fourth-order valence-electron chi connectivity index (χ4n) is 3.00. The number of ketones is 1. The highest BCUT2D eigenvalue weighted by molar-refractivity contribution is 9.10. The molecule has 0 spiro atoms. The number of carbonyl (C=O) groups is 2. The van der Waals surface area contributed by atoms with E-state index in [2.05, 4.69) is 21.2 Å². The summed E-state index contributed by atoms with van der Waals surface area (Å²) in [4.78, 5) is 38.1. The van der Waals surface area contributed by atoms with Gasteiger partial charge >= 0.3 is 5.63 Å². The third-order valence-electron chi connectivity index (χ3n) is 4.45. The Bertz CT molecular complexity index is 1350. The minimum absolute atomic E-state index is 0.173. The van der Waals surface area contributed by atoms with Gasteiger partial charge in [-0.15, -0.1) is 0 Å². The van der Waals surface area contributed by atoms with Crippen LogP contribution in [0.5, 0.6) is 0 Å². The molecule has 0 aliphatic heterocycles. The number of fused-ring (bicyclic) bond motifs is 1. The first kappa shape index (κ1) is 20.1. The average molecular weight is 483 g/mol. The predicted molar refractivity (Wildman–Crippen MR) is 119 cm³/mol. The zero-order chi connectivity index (χ0) is 21.3. The van der Waals surface area contributed by atoms with Gasteiger partial charge in [0.25, 0.3) is 5.91 Å². The Kier molecular flexibility index (Phi) is 5.53. The van der Waals surface area contributed by atoms with Gasteiger partial charge in [0.15, 0.2) is 5.78 Å². The lowest BCUT2D eigenvalue weighted by Crippen LogP contribution is -2.22. The molecule has 7 heteroatoms. The van der Waals surface area contributed by atoms with Gasteiger partial charge in [0, 0.05) is 26.0 Å². The van der Waals surface area contributed by atoms with E-state index in [0.717, 1.165) is 4.47 Å². The second-order valence-corrected chi connectivity index (χ2v) is 7.82. The molecule has 4 rings (SSSR count). The van der Waals surface area contributed by atoms with Crippen LogP contribution in [0.25, 0.3) is 11.0 Å². The number of rotatable bonds is 4. The summed E-state index contributed by atoms with van der Waals surface area (Å²) in [5, 5.41) is 3.57. The van der Waals surface area contributed by atoms with Gasteiger partial charge in [0.05, 0.1) is 5.69 Å². The fraction of sp³-hybridized carbons (Fsp3) is 0. The van der Waals surface area contributed by atoms with Crippen LogP contribution in [0.15, 0.2) is 86.5 Å². The van der Waals surface area contributed by atoms with Crippen molar-refractivity contribution in [2.75, 3.05) is 5.32 Å². The van der Waals surface area contributed by atoms with E-state index >= 15 is 0 Å². The molecule has 1 aromatic heterocycles. The van der Waals surface area contributed by atoms with Crippen LogP contribution in [-0.2, 0) is 0 Å². The number of hydrogen-bond acceptors (Lipinski definition) is 4. The molecule has 3 aromatic carbocycles. The van der Waals surface area contributed by atoms with E-state index in [1.165, 1.54) is 18.2 Å². The third kappa shape index (κ3) is 4.06. The Balaban J connectivity index is 1.72. The van der Waals surface area contributed by atoms with Gasteiger partial charge in [-0.3, -0.25) is 9.59 Å². The number of anilines is 1. The topological polar surface area (TPSA) is 76.4 Å². The van der Waals surface area contributed by atoms with E-state index in [1.807, 2.05) is 0 Å². The van der Waals surface area contributed by atoms with Gasteiger partial charge < -0.3 is 9.73 Å². The number of nitrogens with one attached hydrogen (secondary N) is 1. The lowest BCUT2D eigenvalue weighted by Gasteiger charge is -2.11. The quantitative estimate of drug-likeness (QED) is 0.299. The van der Waals surface area contributed by atoms with Crippen LogP contribution in [0.4, 0.5) is 5.69 Å². The number of hydrogen-bond donors (Lipinski definition) is 1. The zero-order valence-electron chi connectivity index (χ0n) is 15.3. The maximum absolute atomic E-state index is 12.9. The second kappa shape index (κ2) is 8.26. The van der Waals surface area contributed by atoms with Gasteiger partial charge in [0.1, 0.15) is 11.1 Å². The van der Waals surface area contributed by atoms with Crippen molar-refractivity contribution in [1.82, 2.24) is 0 Å². The molecule has 0 bridgehead atoms. The molecule has 0 radical (unpaired) electrons. The minimum Gasteiger partial charge on any atom is -0.422 e. The lowest BCUT2D eigenvalue weighted by molar-refractivity contribution is 0.102. The van der Waals surface area contributed by atoms with Crippen molar-refractivity contribution in [3.8, 4) is 0 Å². The maximum atomic E-state index is 12.9.